The van der Waals surface area contributed by atoms with Crippen molar-refractivity contribution in [1.82, 2.24) is 0 Å². The van der Waals surface area contributed by atoms with Gasteiger partial charge in [-0.05, 0) is 144 Å². The van der Waals surface area contributed by atoms with E-state index in [-0.39, 0.29) is 58.4 Å². The predicted octanol–water partition coefficient (Wildman–Crippen LogP) is 7.71. The zero-order chi connectivity index (χ0) is 53.2. The molecule has 7 aromatic rings. The summed E-state index contributed by atoms with van der Waals surface area (Å²) in [6.07, 6.45) is 5.74. The third-order valence-electron chi connectivity index (χ3n) is 14.2. The van der Waals surface area contributed by atoms with Gasteiger partial charge in [0.25, 0.3) is 0 Å². The van der Waals surface area contributed by atoms with E-state index in [9.17, 15) is 14.4 Å². The van der Waals surface area contributed by atoms with Gasteiger partial charge in [0, 0.05) is 5.56 Å². The molecule has 2 aliphatic rings. The second-order valence-electron chi connectivity index (χ2n) is 20.2. The molecule has 0 bridgehead atoms. The molecule has 0 radical (unpaired) electrons. The van der Waals surface area contributed by atoms with Crippen molar-refractivity contribution in [3.8, 4) is 0 Å². The van der Waals surface area contributed by atoms with Crippen molar-refractivity contribution < 1.29 is 59.5 Å². The smallest absolute Gasteiger partial charge is 0.494 e. The Labute approximate surface area is 455 Å². The monoisotopic (exact) mass is 1090 g/mol. The molecule has 0 amide bonds. The second kappa shape index (κ2) is 25.1. The largest absolute Gasteiger partial charge is 1.00 e. The van der Waals surface area contributed by atoms with Gasteiger partial charge in [-0.15, -0.1) is 0 Å². The van der Waals surface area contributed by atoms with Crippen LogP contribution in [0.4, 0.5) is 0 Å². The quantitative estimate of drug-likeness (QED) is 0.0400. The third kappa shape index (κ3) is 13.8. The van der Waals surface area contributed by atoms with E-state index in [1.807, 2.05) is 94.4 Å². The Bertz CT molecular complexity index is 2890. The molecule has 2 aliphatic heterocycles. The number of carbonyl (C=O) groups is 3. The first-order valence-electron chi connectivity index (χ1n) is 24.8. The Balaban J connectivity index is 0.000000188. The lowest BCUT2D eigenvalue weighted by atomic mass is 9.78. The van der Waals surface area contributed by atoms with E-state index in [4.69, 9.17) is 28.1 Å². The van der Waals surface area contributed by atoms with E-state index >= 15 is 0 Å². The van der Waals surface area contributed by atoms with Crippen LogP contribution in [-0.2, 0) is 34.3 Å². The summed E-state index contributed by atoms with van der Waals surface area (Å²) in [5.74, 6) is -0.641. The molecule has 2 saturated heterocycles. The van der Waals surface area contributed by atoms with Crippen LogP contribution in [0.1, 0.15) is 103 Å². The van der Waals surface area contributed by atoms with Crippen LogP contribution in [-0.4, -0.2) is 69.1 Å². The maximum Gasteiger partial charge on any atom is 0.494 e. The van der Waals surface area contributed by atoms with Crippen LogP contribution in [0.2, 0.25) is 0 Å². The normalized spacial score (nSPS) is 15.8. The van der Waals surface area contributed by atoms with Crippen molar-refractivity contribution in [2.45, 2.75) is 84.0 Å². The molecule has 0 atom stereocenters. The zero-order valence-corrected chi connectivity index (χ0v) is 47.0. The van der Waals surface area contributed by atoms with Crippen LogP contribution in [0.15, 0.2) is 188 Å². The minimum atomic E-state index is -1.94. The third-order valence-corrected chi connectivity index (χ3v) is 18.6. The van der Waals surface area contributed by atoms with E-state index in [1.54, 1.807) is 24.3 Å². The fraction of sp³-hybridized carbons (Fsp3) is 0.242. The lowest BCUT2D eigenvalue weighted by Crippen LogP contribution is -3.00. The summed E-state index contributed by atoms with van der Waals surface area (Å²) >= 11 is 0. The molecule has 75 heavy (non-hydrogen) atoms. The zero-order valence-electron chi connectivity index (χ0n) is 44.5. The molecule has 9 nitrogen and oxygen atoms in total. The highest BCUT2D eigenvalue weighted by Crippen LogP contribution is 2.58. The summed E-state index contributed by atoms with van der Waals surface area (Å²) in [6, 6.07) is 63.0. The standard InChI is InChI=1S/C27H24O2P.C22H25BO4.C13H17BO3.BrH/c1-29-27(28)23-19-17-22(18-20-23)21-30(24-11-5-2-6-12-24,25-13-7-3-8-14-25)26-15-9-4-10-16-26;1-21(2)22(3,4)27-23(26-21)19-8-6-7-17(15-19)10-9-16-11-13-18(14-12-16)20(24)25-5;1-12(2)13(3,4)17-14(16-12)11-7-5-6-10(8-11)9-15;/h2-20H,21H2,1H3;6-15H,1-5H3;5-9H,1-4H3;1H/q+1;;;/p-1/b;10-9+;;. The number of hydrogen-bond acceptors (Lipinski definition) is 9. The summed E-state index contributed by atoms with van der Waals surface area (Å²) in [4.78, 5) is 34.1. The van der Waals surface area contributed by atoms with Crippen molar-refractivity contribution >= 4 is 78.7 Å². The molecule has 0 aromatic heterocycles. The predicted molar refractivity (Wildman–Crippen MR) is 303 cm³/mol. The SMILES string of the molecule is CC1(C)OB(c2cccc(C=O)c2)OC1(C)C.COC(=O)c1ccc(/C=C/c2cccc(B3OC(C)(C)C(C)(C)O3)c2)cc1.COC(=O)c1ccc(C[P+](c2ccccc2)(c2ccccc2)c2ccccc2)cc1.[Br-]. The first kappa shape index (κ1) is 58.0. The molecular formula is C62H66B2BrO9P. The number of carbonyl (C=O) groups excluding carboxylic acids is 3. The molecule has 0 spiro atoms. The van der Waals surface area contributed by atoms with Crippen molar-refractivity contribution in [1.29, 1.82) is 0 Å². The number of rotatable bonds is 12. The molecular weight excluding hydrogens is 1020 g/mol. The summed E-state index contributed by atoms with van der Waals surface area (Å²) in [5, 5.41) is 4.04. The lowest BCUT2D eigenvalue weighted by molar-refractivity contribution is -0.0000542. The van der Waals surface area contributed by atoms with Crippen molar-refractivity contribution in [2.24, 2.45) is 0 Å². The minimum Gasteiger partial charge on any atom is -1.00 e. The fourth-order valence-corrected chi connectivity index (χ4v) is 12.7. The van der Waals surface area contributed by atoms with E-state index in [1.165, 1.54) is 35.7 Å². The van der Waals surface area contributed by atoms with Gasteiger partial charge < -0.3 is 45.1 Å². The highest BCUT2D eigenvalue weighted by molar-refractivity contribution is 7.95. The maximum absolute atomic E-state index is 11.9. The lowest BCUT2D eigenvalue weighted by Gasteiger charge is -2.32. The van der Waals surface area contributed by atoms with Gasteiger partial charge in [-0.1, -0.05) is 140 Å². The fourth-order valence-electron chi connectivity index (χ4n) is 8.49. The maximum atomic E-state index is 11.9. The Morgan fingerprint density at radius 1 is 0.453 bits per heavy atom. The van der Waals surface area contributed by atoms with Crippen molar-refractivity contribution in [3.63, 3.8) is 0 Å². The highest BCUT2D eigenvalue weighted by atomic mass is 79.9. The van der Waals surface area contributed by atoms with Gasteiger partial charge in [0.1, 0.15) is 29.5 Å². The molecule has 0 saturated carbocycles. The van der Waals surface area contributed by atoms with Crippen LogP contribution >= 0.6 is 7.26 Å². The Morgan fingerprint density at radius 3 is 1.17 bits per heavy atom. The van der Waals surface area contributed by atoms with Gasteiger partial charge in [-0.3, -0.25) is 4.79 Å². The van der Waals surface area contributed by atoms with Crippen LogP contribution in [0.3, 0.4) is 0 Å². The molecule has 0 aliphatic carbocycles. The van der Waals surface area contributed by atoms with Crippen molar-refractivity contribution in [2.75, 3.05) is 14.2 Å². The molecule has 2 fully saturated rings. The first-order valence-corrected chi connectivity index (χ1v) is 26.7. The van der Waals surface area contributed by atoms with E-state index in [2.05, 4.69) is 137 Å². The average molecular weight is 1090 g/mol. The number of halogens is 1. The minimum absolute atomic E-state index is 0. The van der Waals surface area contributed by atoms with Crippen LogP contribution in [0.25, 0.3) is 12.2 Å². The summed E-state index contributed by atoms with van der Waals surface area (Å²) in [7, 11) is 0.0754. The van der Waals surface area contributed by atoms with Gasteiger partial charge in [-0.2, -0.15) is 0 Å². The molecule has 13 heteroatoms. The molecule has 0 unspecified atom stereocenters. The molecule has 9 rings (SSSR count). The Hall–Kier alpha value is -6.23. The topological polar surface area (TPSA) is 107 Å². The van der Waals surface area contributed by atoms with E-state index in [0.29, 0.717) is 16.7 Å². The van der Waals surface area contributed by atoms with Gasteiger partial charge >= 0.3 is 26.2 Å². The number of esters is 2. The first-order chi connectivity index (χ1) is 35.3. The highest BCUT2D eigenvalue weighted by Gasteiger charge is 2.53. The number of methoxy groups -OCH3 is 2. The number of benzene rings is 7. The van der Waals surface area contributed by atoms with Gasteiger partial charge in [0.15, 0.2) is 0 Å². The van der Waals surface area contributed by atoms with Crippen LogP contribution < -0.4 is 43.8 Å². The Morgan fingerprint density at radius 2 is 0.800 bits per heavy atom. The number of ether oxygens (including phenoxy) is 2. The number of hydrogen-bond donors (Lipinski definition) is 0. The molecule has 386 valence electrons. The van der Waals surface area contributed by atoms with Crippen LogP contribution in [0.5, 0.6) is 0 Å². The van der Waals surface area contributed by atoms with E-state index < -0.39 is 14.4 Å². The summed E-state index contributed by atoms with van der Waals surface area (Å²) in [6.45, 7) is 16.2. The second-order valence-corrected chi connectivity index (χ2v) is 23.7. The molecule has 7 aromatic carbocycles. The van der Waals surface area contributed by atoms with Gasteiger partial charge in [0.05, 0.1) is 53.9 Å². The van der Waals surface area contributed by atoms with Gasteiger partial charge in [-0.25, -0.2) is 9.59 Å². The number of aldehydes is 1. The Kier molecular flexibility index (Phi) is 19.4. The molecule has 2 heterocycles. The van der Waals surface area contributed by atoms with Crippen molar-refractivity contribution in [3.05, 3.63) is 221 Å². The van der Waals surface area contributed by atoms with Crippen LogP contribution in [0, 0.1) is 0 Å². The summed E-state index contributed by atoms with van der Waals surface area (Å²) < 4.78 is 33.6. The average Bonchev–Trinajstić information content (AvgIpc) is 3.79. The van der Waals surface area contributed by atoms with E-state index in [0.717, 1.165) is 34.5 Å². The van der Waals surface area contributed by atoms with Gasteiger partial charge in [0.2, 0.25) is 0 Å². The summed E-state index contributed by atoms with van der Waals surface area (Å²) in [5.41, 5.74) is 5.47. The molecule has 0 N–H and O–H groups in total.